The van der Waals surface area contributed by atoms with Crippen LogP contribution < -0.4 is 5.32 Å². The van der Waals surface area contributed by atoms with Gasteiger partial charge in [0.05, 0.1) is 10.6 Å². The van der Waals surface area contributed by atoms with E-state index in [-0.39, 0.29) is 11.6 Å². The summed E-state index contributed by atoms with van der Waals surface area (Å²) in [5.74, 6) is -0.272. The molecule has 0 bridgehead atoms. The van der Waals surface area contributed by atoms with Crippen LogP contribution in [-0.2, 0) is 0 Å². The number of aryl methyl sites for hydroxylation is 2. The highest BCUT2D eigenvalue weighted by atomic mass is 16.6. The summed E-state index contributed by atoms with van der Waals surface area (Å²) in [4.78, 5) is 22.5. The molecule has 0 saturated heterocycles. The zero-order chi connectivity index (χ0) is 14.7. The molecule has 1 amide bonds. The van der Waals surface area contributed by atoms with E-state index in [0.717, 1.165) is 11.1 Å². The number of amides is 1. The average molecular weight is 270 g/mol. The zero-order valence-electron chi connectivity index (χ0n) is 11.2. The van der Waals surface area contributed by atoms with Crippen molar-refractivity contribution >= 4 is 17.3 Å². The minimum Gasteiger partial charge on any atom is -0.321 e. The number of hydrogen-bond donors (Lipinski definition) is 1. The Bertz CT molecular complexity index is 681. The molecule has 20 heavy (non-hydrogen) atoms. The SMILES string of the molecule is Cc1ccc([N+](=O)[O-])cc1NC(=O)c1ccccc1C. The number of nitro benzene ring substituents is 1. The molecular weight excluding hydrogens is 256 g/mol. The van der Waals surface area contributed by atoms with Gasteiger partial charge in [-0.15, -0.1) is 0 Å². The fraction of sp³-hybridized carbons (Fsp3) is 0.133. The van der Waals surface area contributed by atoms with E-state index in [9.17, 15) is 14.9 Å². The third-order valence-corrected chi connectivity index (χ3v) is 3.07. The number of nitrogens with one attached hydrogen (secondary N) is 1. The molecule has 0 saturated carbocycles. The van der Waals surface area contributed by atoms with E-state index in [1.165, 1.54) is 12.1 Å². The van der Waals surface area contributed by atoms with Gasteiger partial charge in [0.25, 0.3) is 11.6 Å². The minimum atomic E-state index is -0.483. The monoisotopic (exact) mass is 270 g/mol. The molecule has 2 aromatic rings. The van der Waals surface area contributed by atoms with Crippen LogP contribution in [0.5, 0.6) is 0 Å². The molecule has 0 radical (unpaired) electrons. The topological polar surface area (TPSA) is 72.2 Å². The van der Waals surface area contributed by atoms with Gasteiger partial charge >= 0.3 is 0 Å². The number of carbonyl (C=O) groups excluding carboxylic acids is 1. The van der Waals surface area contributed by atoms with Crippen molar-refractivity contribution in [3.05, 3.63) is 69.3 Å². The highest BCUT2D eigenvalue weighted by molar-refractivity contribution is 6.05. The molecule has 5 heteroatoms. The molecule has 1 N–H and O–H groups in total. The van der Waals surface area contributed by atoms with E-state index in [0.29, 0.717) is 11.3 Å². The summed E-state index contributed by atoms with van der Waals surface area (Å²) < 4.78 is 0. The molecule has 2 aromatic carbocycles. The predicted molar refractivity (Wildman–Crippen MR) is 77.0 cm³/mol. The first kappa shape index (κ1) is 13.7. The molecule has 0 aliphatic heterocycles. The Balaban J connectivity index is 2.30. The van der Waals surface area contributed by atoms with E-state index in [2.05, 4.69) is 5.32 Å². The van der Waals surface area contributed by atoms with Gasteiger partial charge in [-0.1, -0.05) is 24.3 Å². The molecule has 0 heterocycles. The third kappa shape index (κ3) is 2.83. The van der Waals surface area contributed by atoms with Gasteiger partial charge in [-0.05, 0) is 31.0 Å². The fourth-order valence-corrected chi connectivity index (χ4v) is 1.88. The lowest BCUT2D eigenvalue weighted by atomic mass is 10.1. The Hall–Kier alpha value is -2.69. The summed E-state index contributed by atoms with van der Waals surface area (Å²) >= 11 is 0. The summed E-state index contributed by atoms with van der Waals surface area (Å²) in [6, 6.07) is 11.6. The van der Waals surface area contributed by atoms with Crippen molar-refractivity contribution in [3.63, 3.8) is 0 Å². The van der Waals surface area contributed by atoms with Crippen LogP contribution in [-0.4, -0.2) is 10.8 Å². The molecule has 0 atom stereocenters. The zero-order valence-corrected chi connectivity index (χ0v) is 11.2. The lowest BCUT2D eigenvalue weighted by Crippen LogP contribution is -2.14. The minimum absolute atomic E-state index is 0.0457. The molecule has 0 aliphatic rings. The molecule has 0 aliphatic carbocycles. The summed E-state index contributed by atoms with van der Waals surface area (Å²) in [5, 5.41) is 13.5. The average Bonchev–Trinajstić information content (AvgIpc) is 2.41. The maximum Gasteiger partial charge on any atom is 0.271 e. The van der Waals surface area contributed by atoms with Gasteiger partial charge in [0.1, 0.15) is 0 Å². The van der Waals surface area contributed by atoms with Crippen LogP contribution in [0.25, 0.3) is 0 Å². The number of anilines is 1. The quantitative estimate of drug-likeness (QED) is 0.685. The molecule has 102 valence electrons. The first-order valence-electron chi connectivity index (χ1n) is 6.11. The number of nitro groups is 1. The Morgan fingerprint density at radius 2 is 1.80 bits per heavy atom. The molecule has 0 unspecified atom stereocenters. The molecule has 0 fully saturated rings. The van der Waals surface area contributed by atoms with Gasteiger partial charge in [0.15, 0.2) is 0 Å². The molecule has 0 spiro atoms. The van der Waals surface area contributed by atoms with Crippen molar-refractivity contribution in [2.24, 2.45) is 0 Å². The maximum atomic E-state index is 12.2. The van der Waals surface area contributed by atoms with Crippen molar-refractivity contribution in [1.82, 2.24) is 0 Å². The summed E-state index contributed by atoms with van der Waals surface area (Å²) in [5.41, 5.74) is 2.59. The van der Waals surface area contributed by atoms with Gasteiger partial charge in [0.2, 0.25) is 0 Å². The number of carbonyl (C=O) groups is 1. The van der Waals surface area contributed by atoms with Gasteiger partial charge in [-0.3, -0.25) is 14.9 Å². The fourth-order valence-electron chi connectivity index (χ4n) is 1.88. The van der Waals surface area contributed by atoms with Crippen LogP contribution in [0.15, 0.2) is 42.5 Å². The standard InChI is InChI=1S/C15H14N2O3/c1-10-5-3-4-6-13(10)15(18)16-14-9-12(17(19)20)8-7-11(14)2/h3-9H,1-2H3,(H,16,18). The second-order valence-electron chi connectivity index (χ2n) is 4.53. The summed E-state index contributed by atoms with van der Waals surface area (Å²) in [6.45, 7) is 3.63. The van der Waals surface area contributed by atoms with Gasteiger partial charge in [-0.25, -0.2) is 0 Å². The number of benzene rings is 2. The van der Waals surface area contributed by atoms with Gasteiger partial charge in [0, 0.05) is 17.7 Å². The predicted octanol–water partition coefficient (Wildman–Crippen LogP) is 3.46. The van der Waals surface area contributed by atoms with Gasteiger partial charge < -0.3 is 5.32 Å². The first-order chi connectivity index (χ1) is 9.49. The van der Waals surface area contributed by atoms with E-state index in [1.54, 1.807) is 25.1 Å². The van der Waals surface area contributed by atoms with Crippen LogP contribution >= 0.6 is 0 Å². The number of nitrogens with zero attached hydrogens (tertiary/aromatic N) is 1. The van der Waals surface area contributed by atoms with E-state index >= 15 is 0 Å². The lowest BCUT2D eigenvalue weighted by Gasteiger charge is -2.09. The van der Waals surface area contributed by atoms with Crippen LogP contribution in [0, 0.1) is 24.0 Å². The van der Waals surface area contributed by atoms with Crippen LogP contribution in [0.4, 0.5) is 11.4 Å². The van der Waals surface area contributed by atoms with Crippen molar-refractivity contribution in [1.29, 1.82) is 0 Å². The largest absolute Gasteiger partial charge is 0.321 e. The van der Waals surface area contributed by atoms with Crippen LogP contribution in [0.3, 0.4) is 0 Å². The van der Waals surface area contributed by atoms with Crippen molar-refractivity contribution < 1.29 is 9.72 Å². The van der Waals surface area contributed by atoms with Crippen molar-refractivity contribution in [2.45, 2.75) is 13.8 Å². The lowest BCUT2D eigenvalue weighted by molar-refractivity contribution is -0.384. The van der Waals surface area contributed by atoms with Crippen molar-refractivity contribution in [3.8, 4) is 0 Å². The third-order valence-electron chi connectivity index (χ3n) is 3.07. The number of non-ortho nitro benzene ring substituents is 1. The summed E-state index contributed by atoms with van der Waals surface area (Å²) in [7, 11) is 0. The molecule has 5 nitrogen and oxygen atoms in total. The second-order valence-corrected chi connectivity index (χ2v) is 4.53. The van der Waals surface area contributed by atoms with E-state index in [1.807, 2.05) is 19.1 Å². The Morgan fingerprint density at radius 1 is 1.10 bits per heavy atom. The molecule has 0 aromatic heterocycles. The number of rotatable bonds is 3. The number of hydrogen-bond acceptors (Lipinski definition) is 3. The Morgan fingerprint density at radius 3 is 2.45 bits per heavy atom. The van der Waals surface area contributed by atoms with Crippen molar-refractivity contribution in [2.75, 3.05) is 5.32 Å². The highest BCUT2D eigenvalue weighted by Crippen LogP contribution is 2.22. The molecular formula is C15H14N2O3. The smallest absolute Gasteiger partial charge is 0.271 e. The summed E-state index contributed by atoms with van der Waals surface area (Å²) in [6.07, 6.45) is 0. The van der Waals surface area contributed by atoms with E-state index in [4.69, 9.17) is 0 Å². The maximum absolute atomic E-state index is 12.2. The Kier molecular flexibility index (Phi) is 3.79. The van der Waals surface area contributed by atoms with Gasteiger partial charge in [-0.2, -0.15) is 0 Å². The second kappa shape index (κ2) is 5.52. The van der Waals surface area contributed by atoms with E-state index < -0.39 is 4.92 Å². The first-order valence-corrected chi connectivity index (χ1v) is 6.11. The Labute approximate surface area is 116 Å². The molecule has 2 rings (SSSR count). The van der Waals surface area contributed by atoms with Crippen LogP contribution in [0.2, 0.25) is 0 Å². The highest BCUT2D eigenvalue weighted by Gasteiger charge is 2.13. The normalized spacial score (nSPS) is 10.1. The van der Waals surface area contributed by atoms with Crippen LogP contribution in [0.1, 0.15) is 21.5 Å².